The predicted molar refractivity (Wildman–Crippen MR) is 61.9 cm³/mol. The lowest BCUT2D eigenvalue weighted by Crippen LogP contribution is -1.93. The largest absolute Gasteiger partial charge is 0.481 e. The van der Waals surface area contributed by atoms with Gasteiger partial charge in [0.15, 0.2) is 0 Å². The number of benzene rings is 1. The van der Waals surface area contributed by atoms with Crippen molar-refractivity contribution in [1.29, 1.82) is 0 Å². The molecule has 78 valence electrons. The Morgan fingerprint density at radius 1 is 1.36 bits per heavy atom. The molecule has 0 saturated carbocycles. The second-order valence-electron chi connectivity index (χ2n) is 2.88. The fraction of sp³-hybridized carbons (Fsp3) is 0.364. The van der Waals surface area contributed by atoms with Gasteiger partial charge >= 0.3 is 5.97 Å². The van der Waals surface area contributed by atoms with Gasteiger partial charge in [-0.25, -0.2) is 0 Å². The molecule has 0 radical (unpaired) electrons. The highest BCUT2D eigenvalue weighted by atomic mass is 32.1. The number of thiol groups is 1. The summed E-state index contributed by atoms with van der Waals surface area (Å²) in [5, 5.41) is 8.01. The van der Waals surface area contributed by atoms with E-state index in [-0.39, 0.29) is 6.42 Å². The molecule has 0 aliphatic rings. The van der Waals surface area contributed by atoms with Crippen molar-refractivity contribution in [2.75, 3.05) is 5.75 Å². The third-order valence-corrected chi connectivity index (χ3v) is 1.81. The zero-order valence-corrected chi connectivity index (χ0v) is 9.21. The molecule has 0 aromatic heterocycles. The average molecular weight is 212 g/mol. The standard InChI is InChI=1S/C7H8.C4H8O2S/c1-7-5-3-2-4-6-7;5-4(6)2-1-3-7/h2-6H,1H3;7H,1-3H2,(H,5,6). The summed E-state index contributed by atoms with van der Waals surface area (Å²) in [6, 6.07) is 10.3. The Kier molecular flexibility index (Phi) is 8.04. The van der Waals surface area contributed by atoms with Gasteiger partial charge in [0.1, 0.15) is 0 Å². The Labute approximate surface area is 90.4 Å². The number of aliphatic carboxylic acids is 1. The summed E-state index contributed by atoms with van der Waals surface area (Å²) >= 11 is 3.83. The van der Waals surface area contributed by atoms with Crippen LogP contribution in [0.15, 0.2) is 30.3 Å². The van der Waals surface area contributed by atoms with E-state index in [1.165, 1.54) is 5.56 Å². The summed E-state index contributed by atoms with van der Waals surface area (Å²) in [6.45, 7) is 2.08. The average Bonchev–Trinajstić information content (AvgIpc) is 2.17. The number of carboxylic acids is 1. The number of carboxylic acid groups (broad SMARTS) is 1. The van der Waals surface area contributed by atoms with Crippen molar-refractivity contribution >= 4 is 18.6 Å². The first-order valence-electron chi connectivity index (χ1n) is 4.51. The van der Waals surface area contributed by atoms with E-state index < -0.39 is 5.97 Å². The van der Waals surface area contributed by atoms with Gasteiger partial charge < -0.3 is 5.11 Å². The lowest BCUT2D eigenvalue weighted by molar-refractivity contribution is -0.137. The highest BCUT2D eigenvalue weighted by Gasteiger charge is 1.91. The van der Waals surface area contributed by atoms with Crippen LogP contribution in [0.3, 0.4) is 0 Å². The maximum absolute atomic E-state index is 9.72. The van der Waals surface area contributed by atoms with Crippen LogP contribution in [-0.4, -0.2) is 16.8 Å². The molecule has 0 amide bonds. The highest BCUT2D eigenvalue weighted by Crippen LogP contribution is 1.92. The monoisotopic (exact) mass is 212 g/mol. The Balaban J connectivity index is 0.000000241. The number of aryl methyl sites for hydroxylation is 1. The summed E-state index contributed by atoms with van der Waals surface area (Å²) in [6.07, 6.45) is 0.905. The molecule has 3 heteroatoms. The first-order chi connectivity index (χ1) is 6.66. The summed E-state index contributed by atoms with van der Waals surface area (Å²) in [5.74, 6) is -0.0826. The summed E-state index contributed by atoms with van der Waals surface area (Å²) in [5.41, 5.74) is 1.32. The van der Waals surface area contributed by atoms with Gasteiger partial charge in [-0.05, 0) is 19.1 Å². The molecule has 0 aliphatic carbocycles. The molecule has 1 aromatic carbocycles. The second kappa shape index (κ2) is 8.63. The van der Waals surface area contributed by atoms with E-state index in [2.05, 4.69) is 31.7 Å². The SMILES string of the molecule is Cc1ccccc1.O=C(O)CCCS. The van der Waals surface area contributed by atoms with E-state index >= 15 is 0 Å². The summed E-state index contributed by atoms with van der Waals surface area (Å²) < 4.78 is 0. The molecule has 0 heterocycles. The van der Waals surface area contributed by atoms with Crippen molar-refractivity contribution in [2.45, 2.75) is 19.8 Å². The minimum atomic E-state index is -0.742. The summed E-state index contributed by atoms with van der Waals surface area (Å²) in [7, 11) is 0. The molecule has 0 fully saturated rings. The number of hydrogen-bond donors (Lipinski definition) is 2. The van der Waals surface area contributed by atoms with Crippen LogP contribution in [0.1, 0.15) is 18.4 Å². The second-order valence-corrected chi connectivity index (χ2v) is 3.32. The van der Waals surface area contributed by atoms with Crippen LogP contribution in [0.2, 0.25) is 0 Å². The minimum absolute atomic E-state index is 0.240. The van der Waals surface area contributed by atoms with Gasteiger partial charge in [0.05, 0.1) is 0 Å². The molecule has 14 heavy (non-hydrogen) atoms. The van der Waals surface area contributed by atoms with Crippen LogP contribution in [0.25, 0.3) is 0 Å². The van der Waals surface area contributed by atoms with E-state index in [4.69, 9.17) is 5.11 Å². The minimum Gasteiger partial charge on any atom is -0.481 e. The molecule has 0 spiro atoms. The van der Waals surface area contributed by atoms with Gasteiger partial charge in [0.2, 0.25) is 0 Å². The lowest BCUT2D eigenvalue weighted by Gasteiger charge is -1.85. The van der Waals surface area contributed by atoms with Crippen molar-refractivity contribution in [2.24, 2.45) is 0 Å². The Bertz CT molecular complexity index is 247. The smallest absolute Gasteiger partial charge is 0.303 e. The molecule has 2 nitrogen and oxygen atoms in total. The molecule has 1 N–H and O–H groups in total. The third-order valence-electron chi connectivity index (χ3n) is 1.49. The molecule has 0 aliphatic heterocycles. The van der Waals surface area contributed by atoms with Gasteiger partial charge in [-0.15, -0.1) is 0 Å². The van der Waals surface area contributed by atoms with E-state index in [1.807, 2.05) is 18.2 Å². The van der Waals surface area contributed by atoms with Gasteiger partial charge in [-0.3, -0.25) is 4.79 Å². The van der Waals surface area contributed by atoms with Gasteiger partial charge in [0.25, 0.3) is 0 Å². The molecule has 0 unspecified atom stereocenters. The van der Waals surface area contributed by atoms with E-state index in [0.717, 1.165) is 0 Å². The van der Waals surface area contributed by atoms with Crippen LogP contribution in [0, 0.1) is 6.92 Å². The number of hydrogen-bond acceptors (Lipinski definition) is 2. The summed E-state index contributed by atoms with van der Waals surface area (Å²) in [4.78, 5) is 9.72. The Morgan fingerprint density at radius 2 is 1.93 bits per heavy atom. The maximum Gasteiger partial charge on any atom is 0.303 e. The fourth-order valence-electron chi connectivity index (χ4n) is 0.765. The van der Waals surface area contributed by atoms with Crippen molar-refractivity contribution in [3.05, 3.63) is 35.9 Å². The molecule has 0 atom stereocenters. The van der Waals surface area contributed by atoms with Crippen molar-refractivity contribution in [3.63, 3.8) is 0 Å². The zero-order chi connectivity index (χ0) is 10.8. The predicted octanol–water partition coefficient (Wildman–Crippen LogP) is 2.78. The first-order valence-corrected chi connectivity index (χ1v) is 5.14. The maximum atomic E-state index is 9.72. The van der Waals surface area contributed by atoms with Gasteiger partial charge in [-0.2, -0.15) is 12.6 Å². The van der Waals surface area contributed by atoms with Crippen LogP contribution in [0.4, 0.5) is 0 Å². The van der Waals surface area contributed by atoms with E-state index in [1.54, 1.807) is 0 Å². The molecule has 1 rings (SSSR count). The van der Waals surface area contributed by atoms with E-state index in [9.17, 15) is 4.79 Å². The van der Waals surface area contributed by atoms with Gasteiger partial charge in [-0.1, -0.05) is 35.9 Å². The van der Waals surface area contributed by atoms with Crippen molar-refractivity contribution < 1.29 is 9.90 Å². The third kappa shape index (κ3) is 9.13. The molecular formula is C11H16O2S. The van der Waals surface area contributed by atoms with Crippen LogP contribution in [-0.2, 0) is 4.79 Å². The fourth-order valence-corrected chi connectivity index (χ4v) is 0.923. The molecule has 1 aromatic rings. The highest BCUT2D eigenvalue weighted by molar-refractivity contribution is 7.80. The molecule has 0 bridgehead atoms. The van der Waals surface area contributed by atoms with Crippen LogP contribution < -0.4 is 0 Å². The number of carbonyl (C=O) groups is 1. The van der Waals surface area contributed by atoms with Crippen molar-refractivity contribution in [1.82, 2.24) is 0 Å². The van der Waals surface area contributed by atoms with E-state index in [0.29, 0.717) is 12.2 Å². The molecular weight excluding hydrogens is 196 g/mol. The zero-order valence-electron chi connectivity index (χ0n) is 8.31. The number of rotatable bonds is 3. The molecule has 0 saturated heterocycles. The van der Waals surface area contributed by atoms with Gasteiger partial charge in [0, 0.05) is 6.42 Å². The Morgan fingerprint density at radius 3 is 2.14 bits per heavy atom. The van der Waals surface area contributed by atoms with Crippen molar-refractivity contribution in [3.8, 4) is 0 Å². The van der Waals surface area contributed by atoms with Crippen LogP contribution >= 0.6 is 12.6 Å². The van der Waals surface area contributed by atoms with Crippen LogP contribution in [0.5, 0.6) is 0 Å². The quantitative estimate of drug-likeness (QED) is 0.756. The topological polar surface area (TPSA) is 37.3 Å². The normalized spacial score (nSPS) is 8.71. The Hall–Kier alpha value is -0.960. The lowest BCUT2D eigenvalue weighted by atomic mass is 10.2. The first kappa shape index (κ1) is 13.0.